The van der Waals surface area contributed by atoms with Crippen LogP contribution in [0.5, 0.6) is 5.75 Å². The number of nitrogens with two attached hydrogens (primary N) is 1. The van der Waals surface area contributed by atoms with Crippen LogP contribution in [0.4, 0.5) is 0 Å². The highest BCUT2D eigenvalue weighted by Crippen LogP contribution is 2.15. The summed E-state index contributed by atoms with van der Waals surface area (Å²) in [4.78, 5) is 6.76. The van der Waals surface area contributed by atoms with Gasteiger partial charge < -0.3 is 20.5 Å². The highest BCUT2D eigenvalue weighted by atomic mass is 16.5. The topological polar surface area (TPSA) is 72.1 Å². The maximum Gasteiger partial charge on any atom is 0.188 e. The molecule has 1 aromatic rings. The predicted molar refractivity (Wildman–Crippen MR) is 107 cm³/mol. The zero-order chi connectivity index (χ0) is 18.8. The SMILES string of the molecule is CC(C)CNC(N)=NCc1cccc(OCCN(C)C2CCOCC2)c1. The molecule has 3 N–H and O–H groups in total. The van der Waals surface area contributed by atoms with Crippen molar-refractivity contribution in [2.24, 2.45) is 16.6 Å². The monoisotopic (exact) mass is 362 g/mol. The van der Waals surface area contributed by atoms with Gasteiger partial charge in [-0.05, 0) is 43.5 Å². The fraction of sp³-hybridized carbons (Fsp3) is 0.650. The molecule has 1 heterocycles. The van der Waals surface area contributed by atoms with Crippen LogP contribution in [-0.2, 0) is 11.3 Å². The molecule has 0 unspecified atom stereocenters. The molecule has 0 aliphatic carbocycles. The van der Waals surface area contributed by atoms with Crippen LogP contribution in [0.1, 0.15) is 32.3 Å². The van der Waals surface area contributed by atoms with E-state index >= 15 is 0 Å². The summed E-state index contributed by atoms with van der Waals surface area (Å²) in [6, 6.07) is 8.67. The van der Waals surface area contributed by atoms with Crippen LogP contribution in [0.15, 0.2) is 29.3 Å². The Bertz CT molecular complexity index is 556. The van der Waals surface area contributed by atoms with E-state index in [1.165, 1.54) is 0 Å². The van der Waals surface area contributed by atoms with Crippen LogP contribution in [0.3, 0.4) is 0 Å². The Morgan fingerprint density at radius 3 is 2.88 bits per heavy atom. The lowest BCUT2D eigenvalue weighted by atomic mass is 10.1. The van der Waals surface area contributed by atoms with Crippen LogP contribution in [-0.4, -0.2) is 56.9 Å². The quantitative estimate of drug-likeness (QED) is 0.521. The Morgan fingerprint density at radius 2 is 2.15 bits per heavy atom. The minimum Gasteiger partial charge on any atom is -0.492 e. The van der Waals surface area contributed by atoms with Crippen LogP contribution in [0, 0.1) is 5.92 Å². The van der Waals surface area contributed by atoms with Gasteiger partial charge in [0.15, 0.2) is 5.96 Å². The van der Waals surface area contributed by atoms with E-state index in [1.54, 1.807) is 0 Å². The number of guanidine groups is 1. The summed E-state index contributed by atoms with van der Waals surface area (Å²) in [6.45, 7) is 9.00. The number of ether oxygens (including phenoxy) is 2. The number of aliphatic imine (C=N–C) groups is 1. The van der Waals surface area contributed by atoms with E-state index < -0.39 is 0 Å². The summed E-state index contributed by atoms with van der Waals surface area (Å²) < 4.78 is 11.3. The average molecular weight is 363 g/mol. The number of benzene rings is 1. The van der Waals surface area contributed by atoms with E-state index in [-0.39, 0.29) is 0 Å². The molecule has 0 bridgehead atoms. The van der Waals surface area contributed by atoms with Crippen molar-refractivity contribution < 1.29 is 9.47 Å². The Balaban J connectivity index is 1.74. The van der Waals surface area contributed by atoms with Gasteiger partial charge in [-0.1, -0.05) is 26.0 Å². The third-order valence-corrected chi connectivity index (χ3v) is 4.55. The summed E-state index contributed by atoms with van der Waals surface area (Å²) in [5.74, 6) is 1.91. The molecule has 0 saturated carbocycles. The molecule has 1 fully saturated rings. The fourth-order valence-corrected chi connectivity index (χ4v) is 2.89. The zero-order valence-electron chi connectivity index (χ0n) is 16.4. The summed E-state index contributed by atoms with van der Waals surface area (Å²) in [5.41, 5.74) is 6.98. The molecule has 0 spiro atoms. The lowest BCUT2D eigenvalue weighted by molar-refractivity contribution is 0.0392. The maximum absolute atomic E-state index is 5.93. The van der Waals surface area contributed by atoms with Crippen LogP contribution in [0.25, 0.3) is 0 Å². The third kappa shape index (κ3) is 7.62. The second kappa shape index (κ2) is 11.0. The van der Waals surface area contributed by atoms with Crippen molar-refractivity contribution in [3.8, 4) is 5.75 Å². The molecule has 26 heavy (non-hydrogen) atoms. The highest BCUT2D eigenvalue weighted by molar-refractivity contribution is 5.77. The van der Waals surface area contributed by atoms with Crippen LogP contribution < -0.4 is 15.8 Å². The first kappa shape index (κ1) is 20.5. The number of nitrogens with one attached hydrogen (secondary N) is 1. The molecule has 6 nitrogen and oxygen atoms in total. The predicted octanol–water partition coefficient (Wildman–Crippen LogP) is 2.24. The highest BCUT2D eigenvalue weighted by Gasteiger charge is 2.17. The number of likely N-dealkylation sites (N-methyl/N-ethyl adjacent to an activating group) is 1. The van der Waals surface area contributed by atoms with E-state index in [4.69, 9.17) is 15.2 Å². The first-order chi connectivity index (χ1) is 12.5. The van der Waals surface area contributed by atoms with Crippen molar-refractivity contribution in [1.29, 1.82) is 0 Å². The van der Waals surface area contributed by atoms with E-state index in [2.05, 4.69) is 36.1 Å². The lowest BCUT2D eigenvalue weighted by Crippen LogP contribution is -2.38. The molecular weight excluding hydrogens is 328 g/mol. The number of nitrogens with zero attached hydrogens (tertiary/aromatic N) is 2. The van der Waals surface area contributed by atoms with Gasteiger partial charge in [0.25, 0.3) is 0 Å². The number of rotatable bonds is 9. The smallest absolute Gasteiger partial charge is 0.188 e. The van der Waals surface area contributed by atoms with Gasteiger partial charge in [-0.3, -0.25) is 4.90 Å². The minimum absolute atomic E-state index is 0.489. The normalized spacial score (nSPS) is 16.3. The van der Waals surface area contributed by atoms with E-state index in [9.17, 15) is 0 Å². The second-order valence-electron chi connectivity index (χ2n) is 7.30. The van der Waals surface area contributed by atoms with Crippen molar-refractivity contribution in [3.63, 3.8) is 0 Å². The Morgan fingerprint density at radius 1 is 1.38 bits per heavy atom. The van der Waals surface area contributed by atoms with Crippen molar-refractivity contribution in [2.75, 3.05) is 40.0 Å². The van der Waals surface area contributed by atoms with Crippen molar-refractivity contribution >= 4 is 5.96 Å². The van der Waals surface area contributed by atoms with Crippen LogP contribution >= 0.6 is 0 Å². The number of hydrogen-bond donors (Lipinski definition) is 2. The molecule has 0 radical (unpaired) electrons. The summed E-state index contributed by atoms with van der Waals surface area (Å²) in [5, 5.41) is 3.13. The van der Waals surface area contributed by atoms with E-state index in [0.29, 0.717) is 31.1 Å². The maximum atomic E-state index is 5.93. The number of hydrogen-bond acceptors (Lipinski definition) is 4. The van der Waals surface area contributed by atoms with Gasteiger partial charge in [-0.2, -0.15) is 0 Å². The standard InChI is InChI=1S/C20H34N4O2/c1-16(2)14-22-20(21)23-15-17-5-4-6-19(13-17)26-12-9-24(3)18-7-10-25-11-8-18/h4-6,13,16,18H,7-12,14-15H2,1-3H3,(H3,21,22,23). The molecule has 1 saturated heterocycles. The van der Waals surface area contributed by atoms with Gasteiger partial charge in [0.05, 0.1) is 6.54 Å². The van der Waals surface area contributed by atoms with Crippen LogP contribution in [0.2, 0.25) is 0 Å². The van der Waals surface area contributed by atoms with Gasteiger partial charge in [0.2, 0.25) is 0 Å². The molecule has 6 heteroatoms. The van der Waals surface area contributed by atoms with Gasteiger partial charge in [0.1, 0.15) is 12.4 Å². The zero-order valence-corrected chi connectivity index (χ0v) is 16.4. The summed E-state index contributed by atoms with van der Waals surface area (Å²) in [7, 11) is 2.16. The van der Waals surface area contributed by atoms with Crippen molar-refractivity contribution in [2.45, 2.75) is 39.3 Å². The lowest BCUT2D eigenvalue weighted by Gasteiger charge is -2.31. The minimum atomic E-state index is 0.489. The fourth-order valence-electron chi connectivity index (χ4n) is 2.89. The first-order valence-corrected chi connectivity index (χ1v) is 9.58. The molecule has 1 aliphatic heterocycles. The molecule has 146 valence electrons. The Hall–Kier alpha value is -1.79. The van der Waals surface area contributed by atoms with Gasteiger partial charge in [-0.15, -0.1) is 0 Å². The molecule has 0 aromatic heterocycles. The molecular formula is C20H34N4O2. The van der Waals surface area contributed by atoms with Gasteiger partial charge >= 0.3 is 0 Å². The average Bonchev–Trinajstić information content (AvgIpc) is 2.65. The molecule has 0 amide bonds. The van der Waals surface area contributed by atoms with E-state index in [1.807, 2.05) is 24.3 Å². The largest absolute Gasteiger partial charge is 0.492 e. The van der Waals surface area contributed by atoms with Gasteiger partial charge in [-0.25, -0.2) is 4.99 Å². The second-order valence-corrected chi connectivity index (χ2v) is 7.30. The molecule has 0 atom stereocenters. The summed E-state index contributed by atoms with van der Waals surface area (Å²) >= 11 is 0. The summed E-state index contributed by atoms with van der Waals surface area (Å²) in [6.07, 6.45) is 2.21. The van der Waals surface area contributed by atoms with Crippen molar-refractivity contribution in [3.05, 3.63) is 29.8 Å². The Labute approximate surface area is 157 Å². The Kier molecular flexibility index (Phi) is 8.71. The molecule has 1 aromatic carbocycles. The van der Waals surface area contributed by atoms with E-state index in [0.717, 1.165) is 50.5 Å². The van der Waals surface area contributed by atoms with Crippen molar-refractivity contribution in [1.82, 2.24) is 10.2 Å². The molecule has 1 aliphatic rings. The first-order valence-electron chi connectivity index (χ1n) is 9.58. The molecule has 2 rings (SSSR count). The van der Waals surface area contributed by atoms with Gasteiger partial charge in [0, 0.05) is 32.3 Å². The third-order valence-electron chi connectivity index (χ3n) is 4.55.